The van der Waals surface area contributed by atoms with Gasteiger partial charge in [-0.15, -0.1) is 0 Å². The molecule has 2 amide bonds. The van der Waals surface area contributed by atoms with Gasteiger partial charge in [0.15, 0.2) is 0 Å². The van der Waals surface area contributed by atoms with Gasteiger partial charge in [0.05, 0.1) is 6.10 Å². The fourth-order valence-corrected chi connectivity index (χ4v) is 1.65. The summed E-state index contributed by atoms with van der Waals surface area (Å²) in [6.45, 7) is 0.485. The van der Waals surface area contributed by atoms with Crippen LogP contribution in [0, 0.1) is 0 Å². The van der Waals surface area contributed by atoms with Crippen molar-refractivity contribution in [2.24, 2.45) is 0 Å². The standard InChI is InChI=1S/C13H18N2O2/c1-17-12(10-5-3-2-4-6-10)9-14-13(16)15-11-7-8-11/h2-6,11-12H,7-9H2,1H3,(H2,14,15,16). The molecule has 17 heavy (non-hydrogen) atoms. The minimum atomic E-state index is -0.106. The predicted octanol–water partition coefficient (Wildman–Crippen LogP) is 1.84. The third-order valence-corrected chi connectivity index (χ3v) is 2.82. The maximum absolute atomic E-state index is 11.5. The summed E-state index contributed by atoms with van der Waals surface area (Å²) in [6, 6.07) is 10.2. The zero-order valence-electron chi connectivity index (χ0n) is 9.98. The van der Waals surface area contributed by atoms with Gasteiger partial charge in [-0.05, 0) is 18.4 Å². The van der Waals surface area contributed by atoms with Crippen LogP contribution >= 0.6 is 0 Å². The molecule has 1 aromatic carbocycles. The molecule has 2 rings (SSSR count). The Hall–Kier alpha value is -1.55. The maximum atomic E-state index is 11.5. The average molecular weight is 234 g/mol. The van der Waals surface area contributed by atoms with Crippen LogP contribution in [0.5, 0.6) is 0 Å². The Kier molecular flexibility index (Phi) is 3.98. The number of carbonyl (C=O) groups excluding carboxylic acids is 1. The van der Waals surface area contributed by atoms with Gasteiger partial charge >= 0.3 is 6.03 Å². The summed E-state index contributed by atoms with van der Waals surface area (Å²) in [6.07, 6.45) is 2.10. The van der Waals surface area contributed by atoms with Crippen LogP contribution < -0.4 is 10.6 Å². The maximum Gasteiger partial charge on any atom is 0.315 e. The summed E-state index contributed by atoms with van der Waals surface area (Å²) < 4.78 is 5.36. The van der Waals surface area contributed by atoms with E-state index in [0.29, 0.717) is 12.6 Å². The molecule has 0 aliphatic heterocycles. The lowest BCUT2D eigenvalue weighted by atomic mass is 10.1. The minimum Gasteiger partial charge on any atom is -0.375 e. The Morgan fingerprint density at radius 2 is 2.12 bits per heavy atom. The van der Waals surface area contributed by atoms with Crippen molar-refractivity contribution in [1.29, 1.82) is 0 Å². The quantitative estimate of drug-likeness (QED) is 0.816. The van der Waals surface area contributed by atoms with Crippen LogP contribution in [0.15, 0.2) is 30.3 Å². The molecule has 0 saturated heterocycles. The van der Waals surface area contributed by atoms with E-state index in [4.69, 9.17) is 4.74 Å². The van der Waals surface area contributed by atoms with Crippen molar-refractivity contribution >= 4 is 6.03 Å². The molecule has 0 aromatic heterocycles. The van der Waals surface area contributed by atoms with E-state index in [1.54, 1.807) is 7.11 Å². The van der Waals surface area contributed by atoms with E-state index in [-0.39, 0.29) is 12.1 Å². The Morgan fingerprint density at radius 1 is 1.41 bits per heavy atom. The van der Waals surface area contributed by atoms with Gasteiger partial charge in [0, 0.05) is 19.7 Å². The van der Waals surface area contributed by atoms with Crippen LogP contribution in [0.3, 0.4) is 0 Å². The predicted molar refractivity (Wildman–Crippen MR) is 65.7 cm³/mol. The largest absolute Gasteiger partial charge is 0.375 e. The molecule has 1 saturated carbocycles. The fourth-order valence-electron chi connectivity index (χ4n) is 1.65. The van der Waals surface area contributed by atoms with Crippen LogP contribution in [0.2, 0.25) is 0 Å². The lowest BCUT2D eigenvalue weighted by Crippen LogP contribution is -2.39. The molecular formula is C13H18N2O2. The molecule has 92 valence electrons. The molecule has 2 N–H and O–H groups in total. The first kappa shape index (κ1) is 11.9. The Bertz CT molecular complexity index is 363. The summed E-state index contributed by atoms with van der Waals surface area (Å²) in [5.74, 6) is 0. The summed E-state index contributed by atoms with van der Waals surface area (Å²) in [7, 11) is 1.65. The van der Waals surface area contributed by atoms with Crippen molar-refractivity contribution < 1.29 is 9.53 Å². The molecule has 4 heteroatoms. The number of urea groups is 1. The summed E-state index contributed by atoms with van der Waals surface area (Å²) >= 11 is 0. The van der Waals surface area contributed by atoms with E-state index in [1.165, 1.54) is 0 Å². The minimum absolute atomic E-state index is 0.0962. The molecule has 4 nitrogen and oxygen atoms in total. The smallest absolute Gasteiger partial charge is 0.315 e. The van der Waals surface area contributed by atoms with Crippen LogP contribution in [-0.2, 0) is 4.74 Å². The molecule has 1 unspecified atom stereocenters. The number of rotatable bonds is 5. The van der Waals surface area contributed by atoms with Crippen LogP contribution in [0.4, 0.5) is 4.79 Å². The highest BCUT2D eigenvalue weighted by Gasteiger charge is 2.23. The normalized spacial score (nSPS) is 16.3. The van der Waals surface area contributed by atoms with E-state index in [9.17, 15) is 4.79 Å². The Balaban J connectivity index is 1.80. The molecule has 1 aromatic rings. The van der Waals surface area contributed by atoms with E-state index in [2.05, 4.69) is 10.6 Å². The highest BCUT2D eigenvalue weighted by Crippen LogP contribution is 2.18. The van der Waals surface area contributed by atoms with Gasteiger partial charge in [0.2, 0.25) is 0 Å². The number of amides is 2. The first-order chi connectivity index (χ1) is 8.29. The van der Waals surface area contributed by atoms with Crippen molar-refractivity contribution in [3.05, 3.63) is 35.9 Å². The molecule has 1 atom stereocenters. The lowest BCUT2D eigenvalue weighted by molar-refractivity contribution is 0.104. The van der Waals surface area contributed by atoms with Gasteiger partial charge < -0.3 is 15.4 Å². The number of methoxy groups -OCH3 is 1. The van der Waals surface area contributed by atoms with Gasteiger partial charge in [-0.25, -0.2) is 4.79 Å². The molecule has 1 fully saturated rings. The molecule has 1 aliphatic carbocycles. The summed E-state index contributed by atoms with van der Waals surface area (Å²) in [5.41, 5.74) is 1.07. The second kappa shape index (κ2) is 5.68. The van der Waals surface area contributed by atoms with Gasteiger partial charge in [0.25, 0.3) is 0 Å². The van der Waals surface area contributed by atoms with Crippen molar-refractivity contribution in [2.45, 2.75) is 25.0 Å². The number of hydrogen-bond donors (Lipinski definition) is 2. The van der Waals surface area contributed by atoms with Gasteiger partial charge in [-0.1, -0.05) is 30.3 Å². The third kappa shape index (κ3) is 3.75. The second-order valence-corrected chi connectivity index (χ2v) is 4.26. The van der Waals surface area contributed by atoms with Crippen LogP contribution in [-0.4, -0.2) is 25.7 Å². The molecule has 0 spiro atoms. The SMILES string of the molecule is COC(CNC(=O)NC1CC1)c1ccccc1. The monoisotopic (exact) mass is 234 g/mol. The summed E-state index contributed by atoms with van der Waals surface area (Å²) in [4.78, 5) is 11.5. The second-order valence-electron chi connectivity index (χ2n) is 4.26. The molecule has 0 radical (unpaired) electrons. The lowest BCUT2D eigenvalue weighted by Gasteiger charge is -2.16. The fraction of sp³-hybridized carbons (Fsp3) is 0.462. The zero-order chi connectivity index (χ0) is 12.1. The first-order valence-corrected chi connectivity index (χ1v) is 5.91. The van der Waals surface area contributed by atoms with Crippen molar-refractivity contribution in [3.63, 3.8) is 0 Å². The number of benzene rings is 1. The number of carbonyl (C=O) groups is 1. The number of hydrogen-bond acceptors (Lipinski definition) is 2. The topological polar surface area (TPSA) is 50.4 Å². The van der Waals surface area contributed by atoms with Gasteiger partial charge in [-0.3, -0.25) is 0 Å². The number of nitrogens with one attached hydrogen (secondary N) is 2. The first-order valence-electron chi connectivity index (χ1n) is 5.91. The van der Waals surface area contributed by atoms with E-state index < -0.39 is 0 Å². The van der Waals surface area contributed by atoms with Crippen molar-refractivity contribution in [1.82, 2.24) is 10.6 Å². The van der Waals surface area contributed by atoms with Crippen molar-refractivity contribution in [3.8, 4) is 0 Å². The summed E-state index contributed by atoms with van der Waals surface area (Å²) in [5, 5.41) is 5.71. The highest BCUT2D eigenvalue weighted by atomic mass is 16.5. The molecular weight excluding hydrogens is 216 g/mol. The highest BCUT2D eigenvalue weighted by molar-refractivity contribution is 5.74. The van der Waals surface area contributed by atoms with E-state index in [0.717, 1.165) is 18.4 Å². The molecule has 0 bridgehead atoms. The average Bonchev–Trinajstić information content (AvgIpc) is 3.15. The van der Waals surface area contributed by atoms with Crippen LogP contribution in [0.1, 0.15) is 24.5 Å². The Labute approximate surface area is 101 Å². The van der Waals surface area contributed by atoms with Crippen LogP contribution in [0.25, 0.3) is 0 Å². The van der Waals surface area contributed by atoms with E-state index in [1.807, 2.05) is 30.3 Å². The van der Waals surface area contributed by atoms with Gasteiger partial charge in [-0.2, -0.15) is 0 Å². The number of ether oxygens (including phenoxy) is 1. The Morgan fingerprint density at radius 3 is 2.71 bits per heavy atom. The zero-order valence-corrected chi connectivity index (χ0v) is 9.98. The van der Waals surface area contributed by atoms with Crippen molar-refractivity contribution in [2.75, 3.05) is 13.7 Å². The van der Waals surface area contributed by atoms with Gasteiger partial charge in [0.1, 0.15) is 0 Å². The molecule has 0 heterocycles. The third-order valence-electron chi connectivity index (χ3n) is 2.82. The molecule has 1 aliphatic rings. The van der Waals surface area contributed by atoms with E-state index >= 15 is 0 Å².